The van der Waals surface area contributed by atoms with Gasteiger partial charge in [0.1, 0.15) is 0 Å². The van der Waals surface area contributed by atoms with Crippen LogP contribution in [0.25, 0.3) is 0 Å². The first kappa shape index (κ1) is 11.4. The summed E-state index contributed by atoms with van der Waals surface area (Å²) in [6.45, 7) is 6.42. The number of hydrogen-bond acceptors (Lipinski definition) is 3. The second kappa shape index (κ2) is 10.4. The number of methoxy groups -OCH3 is 1. The Hall–Kier alpha value is -0.600. The van der Waals surface area contributed by atoms with Gasteiger partial charge in [-0.15, -0.1) is 5.73 Å². The average molecular weight is 172 g/mol. The maximum atomic E-state index is 5.15. The summed E-state index contributed by atoms with van der Waals surface area (Å²) in [6.07, 6.45) is 1.73. The van der Waals surface area contributed by atoms with Crippen molar-refractivity contribution in [2.24, 2.45) is 0 Å². The summed E-state index contributed by atoms with van der Waals surface area (Å²) in [4.78, 5) is 0. The van der Waals surface area contributed by atoms with Crippen molar-refractivity contribution < 1.29 is 14.2 Å². The first-order valence-electron chi connectivity index (χ1n) is 3.90. The normalized spacial score (nSPS) is 9.42. The molecule has 0 aliphatic heterocycles. The van der Waals surface area contributed by atoms with Gasteiger partial charge in [-0.1, -0.05) is 6.58 Å². The van der Waals surface area contributed by atoms with Gasteiger partial charge in [0.05, 0.1) is 33.0 Å². The third kappa shape index (κ3) is 9.40. The molecule has 0 bridgehead atoms. The predicted octanol–water partition coefficient (Wildman–Crippen LogP) is 1.01. The lowest BCUT2D eigenvalue weighted by Crippen LogP contribution is -2.08. The van der Waals surface area contributed by atoms with E-state index in [1.807, 2.05) is 0 Å². The van der Waals surface area contributed by atoms with Gasteiger partial charge < -0.3 is 14.2 Å². The molecule has 0 aromatic carbocycles. The van der Waals surface area contributed by atoms with Gasteiger partial charge in [-0.05, 0) is 6.08 Å². The summed E-state index contributed by atoms with van der Waals surface area (Å²) in [7, 11) is 1.65. The molecule has 0 saturated carbocycles. The third-order valence-corrected chi connectivity index (χ3v) is 1.15. The van der Waals surface area contributed by atoms with E-state index >= 15 is 0 Å². The molecular weight excluding hydrogens is 156 g/mol. The molecule has 0 rings (SSSR count). The fourth-order valence-corrected chi connectivity index (χ4v) is 0.563. The molecule has 0 aliphatic carbocycles. The zero-order chi connectivity index (χ0) is 9.07. The number of rotatable bonds is 8. The lowest BCUT2D eigenvalue weighted by Gasteiger charge is -2.02. The van der Waals surface area contributed by atoms with Crippen LogP contribution in [-0.2, 0) is 14.2 Å². The quantitative estimate of drug-likeness (QED) is 0.404. The van der Waals surface area contributed by atoms with Crippen LogP contribution >= 0.6 is 0 Å². The van der Waals surface area contributed by atoms with Crippen molar-refractivity contribution in [3.63, 3.8) is 0 Å². The Labute approximate surface area is 73.6 Å². The fourth-order valence-electron chi connectivity index (χ4n) is 0.563. The van der Waals surface area contributed by atoms with Crippen LogP contribution in [0.1, 0.15) is 0 Å². The minimum absolute atomic E-state index is 0.553. The summed E-state index contributed by atoms with van der Waals surface area (Å²) >= 11 is 0. The maximum Gasteiger partial charge on any atom is 0.0722 e. The third-order valence-electron chi connectivity index (χ3n) is 1.15. The van der Waals surface area contributed by atoms with Crippen LogP contribution < -0.4 is 0 Å². The van der Waals surface area contributed by atoms with Crippen molar-refractivity contribution in [1.82, 2.24) is 0 Å². The Balaban J connectivity index is 2.86. The Kier molecular flexibility index (Phi) is 9.88. The van der Waals surface area contributed by atoms with Crippen LogP contribution in [0.3, 0.4) is 0 Å². The van der Waals surface area contributed by atoms with Crippen LogP contribution in [0.5, 0.6) is 0 Å². The summed E-state index contributed by atoms with van der Waals surface area (Å²) in [5.74, 6) is 0. The molecule has 0 unspecified atom stereocenters. The Bertz CT molecular complexity index is 128. The van der Waals surface area contributed by atoms with E-state index in [1.54, 1.807) is 13.2 Å². The molecule has 0 N–H and O–H groups in total. The molecule has 0 heterocycles. The van der Waals surface area contributed by atoms with Crippen molar-refractivity contribution in [2.45, 2.75) is 0 Å². The van der Waals surface area contributed by atoms with Crippen molar-refractivity contribution in [3.05, 3.63) is 18.4 Å². The van der Waals surface area contributed by atoms with Gasteiger partial charge in [0, 0.05) is 7.11 Å². The van der Waals surface area contributed by atoms with E-state index in [4.69, 9.17) is 14.2 Å². The molecule has 0 spiro atoms. The van der Waals surface area contributed by atoms with Crippen LogP contribution in [0.4, 0.5) is 0 Å². The minimum Gasteiger partial charge on any atom is -0.382 e. The fraction of sp³-hybridized carbons (Fsp3) is 0.667. The van der Waals surface area contributed by atoms with Crippen molar-refractivity contribution in [1.29, 1.82) is 0 Å². The summed E-state index contributed by atoms with van der Waals surface area (Å²) in [6, 6.07) is 0. The van der Waals surface area contributed by atoms with Gasteiger partial charge >= 0.3 is 0 Å². The molecule has 0 aliphatic rings. The zero-order valence-electron chi connectivity index (χ0n) is 7.54. The molecule has 3 heteroatoms. The molecule has 0 saturated heterocycles. The van der Waals surface area contributed by atoms with Crippen LogP contribution in [0.2, 0.25) is 0 Å². The van der Waals surface area contributed by atoms with Crippen molar-refractivity contribution >= 4 is 0 Å². The van der Waals surface area contributed by atoms with Gasteiger partial charge in [0.15, 0.2) is 0 Å². The second-order valence-electron chi connectivity index (χ2n) is 2.09. The van der Waals surface area contributed by atoms with E-state index in [-0.39, 0.29) is 0 Å². The average Bonchev–Trinajstić information content (AvgIpc) is 2.10. The van der Waals surface area contributed by atoms with Gasteiger partial charge in [-0.3, -0.25) is 0 Å². The Morgan fingerprint density at radius 2 is 1.83 bits per heavy atom. The highest BCUT2D eigenvalue weighted by atomic mass is 16.5. The van der Waals surface area contributed by atoms with E-state index in [9.17, 15) is 0 Å². The molecule has 0 radical (unpaired) electrons. The Morgan fingerprint density at radius 3 is 2.50 bits per heavy atom. The largest absolute Gasteiger partial charge is 0.382 e. The minimum atomic E-state index is 0.553. The van der Waals surface area contributed by atoms with Gasteiger partial charge in [0.2, 0.25) is 0 Å². The van der Waals surface area contributed by atoms with Crippen molar-refractivity contribution in [2.75, 3.05) is 40.1 Å². The monoisotopic (exact) mass is 172 g/mol. The highest BCUT2D eigenvalue weighted by Gasteiger charge is 1.87. The summed E-state index contributed by atoms with van der Waals surface area (Å²) in [5, 5.41) is 0. The molecular formula is C9H16O3. The standard InChI is InChI=1S/C9H16O3/c1-3-4-5-11-8-9-12-7-6-10-2/h4H,1,5-9H2,2H3. The summed E-state index contributed by atoms with van der Waals surface area (Å²) in [5.41, 5.74) is 2.62. The lowest BCUT2D eigenvalue weighted by molar-refractivity contribution is 0.0314. The highest BCUT2D eigenvalue weighted by molar-refractivity contribution is 4.74. The van der Waals surface area contributed by atoms with E-state index in [2.05, 4.69) is 12.3 Å². The van der Waals surface area contributed by atoms with E-state index in [1.165, 1.54) is 0 Å². The molecule has 12 heavy (non-hydrogen) atoms. The zero-order valence-corrected chi connectivity index (χ0v) is 7.54. The molecule has 0 aromatic heterocycles. The maximum absolute atomic E-state index is 5.15. The predicted molar refractivity (Wildman–Crippen MR) is 47.2 cm³/mol. The van der Waals surface area contributed by atoms with Gasteiger partial charge in [0.25, 0.3) is 0 Å². The van der Waals surface area contributed by atoms with E-state index in [0.717, 1.165) is 0 Å². The van der Waals surface area contributed by atoms with Crippen LogP contribution in [-0.4, -0.2) is 40.1 Å². The van der Waals surface area contributed by atoms with E-state index < -0.39 is 0 Å². The van der Waals surface area contributed by atoms with Crippen molar-refractivity contribution in [3.8, 4) is 0 Å². The first-order chi connectivity index (χ1) is 5.91. The summed E-state index contributed by atoms with van der Waals surface area (Å²) < 4.78 is 15.1. The second-order valence-corrected chi connectivity index (χ2v) is 2.09. The van der Waals surface area contributed by atoms with Crippen LogP contribution in [0.15, 0.2) is 18.4 Å². The number of ether oxygens (including phenoxy) is 3. The molecule has 70 valence electrons. The molecule has 0 atom stereocenters. The smallest absolute Gasteiger partial charge is 0.0722 e. The first-order valence-corrected chi connectivity index (χ1v) is 3.90. The van der Waals surface area contributed by atoms with Crippen LogP contribution in [0, 0.1) is 0 Å². The topological polar surface area (TPSA) is 27.7 Å². The SMILES string of the molecule is C=C=CCOCCOCCOC. The lowest BCUT2D eigenvalue weighted by atomic mass is 10.6. The highest BCUT2D eigenvalue weighted by Crippen LogP contribution is 1.79. The van der Waals surface area contributed by atoms with E-state index in [0.29, 0.717) is 33.0 Å². The molecule has 0 aromatic rings. The Morgan fingerprint density at radius 1 is 1.17 bits per heavy atom. The molecule has 3 nitrogen and oxygen atoms in total. The van der Waals surface area contributed by atoms with Gasteiger partial charge in [-0.2, -0.15) is 0 Å². The molecule has 0 amide bonds. The van der Waals surface area contributed by atoms with Gasteiger partial charge in [-0.25, -0.2) is 0 Å². The number of hydrogen-bond donors (Lipinski definition) is 0. The molecule has 0 fully saturated rings.